The summed E-state index contributed by atoms with van der Waals surface area (Å²) in [6.45, 7) is -2.99. The van der Waals surface area contributed by atoms with E-state index in [9.17, 15) is 31.5 Å². The second-order valence-corrected chi connectivity index (χ2v) is 7.29. The number of fused-ring (bicyclic) bond motifs is 1. The van der Waals surface area contributed by atoms with Crippen LogP contribution >= 0.6 is 11.3 Å². The van der Waals surface area contributed by atoms with Gasteiger partial charge < -0.3 is 15.5 Å². The van der Waals surface area contributed by atoms with Crippen molar-refractivity contribution >= 4 is 39.1 Å². The first kappa shape index (κ1) is 21.4. The van der Waals surface area contributed by atoms with Crippen molar-refractivity contribution in [2.24, 2.45) is 5.73 Å². The van der Waals surface area contributed by atoms with Crippen LogP contribution in [0.1, 0.15) is 32.4 Å². The summed E-state index contributed by atoms with van der Waals surface area (Å²) in [5.41, 5.74) is 3.35. The van der Waals surface area contributed by atoms with Crippen LogP contribution in [0.2, 0.25) is 0 Å². The lowest BCUT2D eigenvalue weighted by atomic mass is 10.1. The van der Waals surface area contributed by atoms with Crippen LogP contribution in [-0.4, -0.2) is 26.6 Å². The molecule has 3 N–H and O–H groups in total. The number of aromatic nitrogens is 3. The van der Waals surface area contributed by atoms with Gasteiger partial charge in [-0.05, 0) is 24.3 Å². The second-order valence-electron chi connectivity index (χ2n) is 6.29. The number of amides is 2. The Bertz CT molecular complexity index is 1330. The number of carbonyl (C=O) groups is 2. The van der Waals surface area contributed by atoms with Gasteiger partial charge in [0.25, 0.3) is 11.8 Å². The first-order valence-corrected chi connectivity index (χ1v) is 9.41. The third kappa shape index (κ3) is 3.79. The molecule has 0 spiro atoms. The van der Waals surface area contributed by atoms with Gasteiger partial charge in [-0.3, -0.25) is 9.59 Å². The van der Waals surface area contributed by atoms with Crippen LogP contribution in [0, 0.1) is 0 Å². The van der Waals surface area contributed by atoms with Gasteiger partial charge in [0, 0.05) is 17.1 Å². The molecule has 0 unspecified atom stereocenters. The summed E-state index contributed by atoms with van der Waals surface area (Å²) in [4.78, 5) is 27.6. The number of rotatable bonds is 5. The highest BCUT2D eigenvalue weighted by molar-refractivity contribution is 7.21. The minimum atomic E-state index is -4.81. The number of primary amides is 1. The van der Waals surface area contributed by atoms with Gasteiger partial charge >= 0.3 is 12.7 Å². The number of alkyl halides is 5. The first-order valence-electron chi connectivity index (χ1n) is 8.59. The number of carbonyl (C=O) groups excluding carboxylic acids is 2. The van der Waals surface area contributed by atoms with E-state index in [4.69, 9.17) is 10.2 Å². The Balaban J connectivity index is 1.91. The van der Waals surface area contributed by atoms with Crippen molar-refractivity contribution in [2.75, 3.05) is 5.32 Å². The Kier molecular flexibility index (Phi) is 5.16. The zero-order valence-corrected chi connectivity index (χ0v) is 16.3. The summed E-state index contributed by atoms with van der Waals surface area (Å²) >= 11 is 0.533. The summed E-state index contributed by atoms with van der Waals surface area (Å²) in [6.07, 6.45) is -2.71. The van der Waals surface area contributed by atoms with E-state index in [0.717, 1.165) is 12.3 Å². The number of furan rings is 1. The van der Waals surface area contributed by atoms with Gasteiger partial charge in [0.1, 0.15) is 21.2 Å². The quantitative estimate of drug-likeness (QED) is 0.415. The Morgan fingerprint density at radius 1 is 1.25 bits per heavy atom. The Labute approximate surface area is 178 Å². The lowest BCUT2D eigenvalue weighted by Crippen LogP contribution is -2.17. The van der Waals surface area contributed by atoms with E-state index in [2.05, 4.69) is 15.4 Å². The normalized spacial score (nSPS) is 11.9. The number of hydrogen-bond acceptors (Lipinski definition) is 6. The number of nitrogens with two attached hydrogens (primary N) is 1. The van der Waals surface area contributed by atoms with Crippen molar-refractivity contribution in [1.82, 2.24) is 14.8 Å². The first-order chi connectivity index (χ1) is 15.1. The number of hydrogen-bond donors (Lipinski definition) is 2. The van der Waals surface area contributed by atoms with Crippen LogP contribution in [0.3, 0.4) is 0 Å². The molecule has 0 radical (unpaired) electrons. The number of halogens is 5. The van der Waals surface area contributed by atoms with Gasteiger partial charge in [0.15, 0.2) is 5.69 Å². The summed E-state index contributed by atoms with van der Waals surface area (Å²) < 4.78 is 71.1. The molecule has 0 bridgehead atoms. The van der Waals surface area contributed by atoms with Crippen LogP contribution < -0.4 is 11.1 Å². The average Bonchev–Trinajstić information content (AvgIpc) is 3.46. The maximum atomic E-state index is 13.4. The van der Waals surface area contributed by atoms with Crippen molar-refractivity contribution in [3.05, 3.63) is 53.0 Å². The van der Waals surface area contributed by atoms with Crippen LogP contribution in [0.4, 0.5) is 27.6 Å². The van der Waals surface area contributed by atoms with E-state index in [1.807, 2.05) is 0 Å². The maximum Gasteiger partial charge on any atom is 0.433 e. The summed E-state index contributed by atoms with van der Waals surface area (Å²) in [7, 11) is 0. The molecular formula is C18H10F5N5O3S. The molecule has 0 aliphatic heterocycles. The van der Waals surface area contributed by atoms with Crippen molar-refractivity contribution in [3.8, 4) is 11.3 Å². The molecule has 0 saturated heterocycles. The second kappa shape index (κ2) is 7.71. The molecule has 0 atom stereocenters. The lowest BCUT2D eigenvalue weighted by molar-refractivity contribution is -0.140. The number of nitrogens with one attached hydrogen (secondary N) is 1. The molecule has 14 heteroatoms. The maximum absolute atomic E-state index is 13.4. The third-order valence-corrected chi connectivity index (χ3v) is 5.34. The molecule has 4 aromatic heterocycles. The molecule has 0 saturated carbocycles. The molecule has 32 heavy (non-hydrogen) atoms. The van der Waals surface area contributed by atoms with Gasteiger partial charge in [0.2, 0.25) is 0 Å². The van der Waals surface area contributed by atoms with E-state index < -0.39 is 35.9 Å². The zero-order chi connectivity index (χ0) is 23.2. The molecule has 0 fully saturated rings. The molecule has 4 heterocycles. The molecule has 0 aliphatic rings. The fourth-order valence-corrected chi connectivity index (χ4v) is 3.92. The van der Waals surface area contributed by atoms with E-state index in [-0.39, 0.29) is 36.8 Å². The van der Waals surface area contributed by atoms with Crippen LogP contribution in [0.15, 0.2) is 41.1 Å². The van der Waals surface area contributed by atoms with Crippen LogP contribution in [0.5, 0.6) is 0 Å². The Morgan fingerprint density at radius 3 is 2.56 bits per heavy atom. The fraction of sp³-hybridized carbons (Fsp3) is 0.111. The largest absolute Gasteiger partial charge is 0.464 e. The van der Waals surface area contributed by atoms with Crippen molar-refractivity contribution in [3.63, 3.8) is 0 Å². The van der Waals surface area contributed by atoms with Crippen LogP contribution in [-0.2, 0) is 6.18 Å². The average molecular weight is 471 g/mol. The molecule has 0 aliphatic carbocycles. The van der Waals surface area contributed by atoms with E-state index >= 15 is 0 Å². The highest BCUT2D eigenvalue weighted by Crippen LogP contribution is 2.43. The summed E-state index contributed by atoms with van der Waals surface area (Å²) in [6, 6.07) is 4.53. The molecular weight excluding hydrogens is 461 g/mol. The minimum absolute atomic E-state index is 0.00852. The van der Waals surface area contributed by atoms with Crippen molar-refractivity contribution in [1.29, 1.82) is 0 Å². The molecule has 8 nitrogen and oxygen atoms in total. The van der Waals surface area contributed by atoms with Gasteiger partial charge in [-0.2, -0.15) is 27.1 Å². The zero-order valence-electron chi connectivity index (χ0n) is 15.5. The van der Waals surface area contributed by atoms with Crippen molar-refractivity contribution in [2.45, 2.75) is 12.7 Å². The van der Waals surface area contributed by atoms with Gasteiger partial charge in [-0.25, -0.2) is 9.67 Å². The molecule has 4 aromatic rings. The predicted octanol–water partition coefficient (Wildman–Crippen LogP) is 4.52. The lowest BCUT2D eigenvalue weighted by Gasteiger charge is -2.10. The minimum Gasteiger partial charge on any atom is -0.464 e. The van der Waals surface area contributed by atoms with Gasteiger partial charge in [-0.15, -0.1) is 11.3 Å². The molecule has 2 amide bonds. The standard InChI is InChI=1S/C18H10F5N5O3S/c19-17(20)28-4-3-8(27-28)15(30)26-12-11-7(9-2-1-5-31-9)6-10(18(21,22)23)25-16(11)32-13(12)14(24)29/h1-6,17H,(H2,24,29)(H,26,30). The SMILES string of the molecule is NC(=O)c1sc2nc(C(F)(F)F)cc(-c3ccco3)c2c1NC(=O)c1ccn(C(F)F)n1. The highest BCUT2D eigenvalue weighted by Gasteiger charge is 2.35. The van der Waals surface area contributed by atoms with E-state index in [1.54, 1.807) is 0 Å². The van der Waals surface area contributed by atoms with Crippen molar-refractivity contribution < 1.29 is 36.0 Å². The Hall–Kier alpha value is -3.81. The number of thiophene rings is 1. The number of pyridine rings is 1. The van der Waals surface area contributed by atoms with E-state index in [0.29, 0.717) is 17.4 Å². The van der Waals surface area contributed by atoms with Crippen LogP contribution in [0.25, 0.3) is 21.5 Å². The smallest absolute Gasteiger partial charge is 0.433 e. The third-order valence-electron chi connectivity index (χ3n) is 4.24. The molecule has 0 aromatic carbocycles. The Morgan fingerprint density at radius 2 is 2.00 bits per heavy atom. The number of anilines is 1. The molecule has 166 valence electrons. The molecule has 4 rings (SSSR count). The number of nitrogens with zero attached hydrogens (tertiary/aromatic N) is 3. The fourth-order valence-electron chi connectivity index (χ4n) is 2.91. The highest BCUT2D eigenvalue weighted by atomic mass is 32.1. The van der Waals surface area contributed by atoms with Gasteiger partial charge in [0.05, 0.1) is 12.0 Å². The monoisotopic (exact) mass is 471 g/mol. The van der Waals surface area contributed by atoms with E-state index in [1.165, 1.54) is 18.4 Å². The van der Waals surface area contributed by atoms with Gasteiger partial charge in [-0.1, -0.05) is 0 Å². The predicted molar refractivity (Wildman–Crippen MR) is 102 cm³/mol. The summed E-state index contributed by atoms with van der Waals surface area (Å²) in [5, 5.41) is 5.72. The topological polar surface area (TPSA) is 116 Å². The summed E-state index contributed by atoms with van der Waals surface area (Å²) in [5.74, 6) is -2.02.